The molecule has 0 saturated carbocycles. The number of nitrogens with one attached hydrogen (secondary N) is 1. The number of benzene rings is 2. The van der Waals surface area contributed by atoms with Crippen LogP contribution in [0.4, 0.5) is 5.69 Å². The molecule has 2 aromatic rings. The Morgan fingerprint density at radius 3 is 1.65 bits per heavy atom. The maximum absolute atomic E-state index is 13.9. The Hall–Kier alpha value is -2.30. The molecule has 0 aliphatic heterocycles. The summed E-state index contributed by atoms with van der Waals surface area (Å²) >= 11 is 0. The Kier molecular flexibility index (Phi) is 17.5. The molecule has 10 heteroatoms. The van der Waals surface area contributed by atoms with Gasteiger partial charge < -0.3 is 9.47 Å². The highest BCUT2D eigenvalue weighted by Crippen LogP contribution is 2.36. The molecule has 2 rings (SSSR count). The van der Waals surface area contributed by atoms with Crippen LogP contribution >= 0.6 is 0 Å². The summed E-state index contributed by atoms with van der Waals surface area (Å²) in [4.78, 5) is -0.232. The van der Waals surface area contributed by atoms with Crippen molar-refractivity contribution in [1.29, 1.82) is 0 Å². The molecule has 0 radical (unpaired) electrons. The molecule has 0 saturated heterocycles. The smallest absolute Gasteiger partial charge is 0.265 e. The molecule has 0 unspecified atom stereocenters. The van der Waals surface area contributed by atoms with Crippen molar-refractivity contribution in [3.05, 3.63) is 42.0 Å². The molecule has 8 nitrogen and oxygen atoms in total. The molecular weight excluding hydrogens is 621 g/mol. The molecule has 3 N–H and O–H groups in total. The van der Waals surface area contributed by atoms with Gasteiger partial charge in [0.2, 0.25) is 10.0 Å². The lowest BCUT2D eigenvalue weighted by molar-refractivity contribution is 0.296. The lowest BCUT2D eigenvalue weighted by atomic mass is 9.80. The van der Waals surface area contributed by atoms with Gasteiger partial charge in [-0.25, -0.2) is 22.0 Å². The van der Waals surface area contributed by atoms with Gasteiger partial charge >= 0.3 is 0 Å². The van der Waals surface area contributed by atoms with E-state index in [4.69, 9.17) is 14.6 Å². The van der Waals surface area contributed by atoms with Crippen molar-refractivity contribution in [2.45, 2.75) is 153 Å². The first-order valence-electron chi connectivity index (χ1n) is 17.5. The van der Waals surface area contributed by atoms with Crippen LogP contribution in [0.1, 0.15) is 143 Å². The number of anilines is 1. The second-order valence-corrected chi connectivity index (χ2v) is 16.2. The summed E-state index contributed by atoms with van der Waals surface area (Å²) in [5, 5.41) is 5.53. The number of unbranched alkanes of at least 4 members (excludes halogenated alkanes) is 12. The van der Waals surface area contributed by atoms with Crippen LogP contribution in [0.5, 0.6) is 11.5 Å². The summed E-state index contributed by atoms with van der Waals surface area (Å²) in [6.07, 6.45) is 17.1. The predicted octanol–water partition coefficient (Wildman–Crippen LogP) is 9.47. The molecule has 0 aliphatic rings. The quantitative estimate of drug-likeness (QED) is 0.101. The summed E-state index contributed by atoms with van der Waals surface area (Å²) in [7, 11) is -8.35. The van der Waals surface area contributed by atoms with Gasteiger partial charge in [-0.3, -0.25) is 4.72 Å². The van der Waals surface area contributed by atoms with E-state index in [0.717, 1.165) is 69.8 Å². The number of nitrogens with two attached hydrogens (primary N) is 1. The van der Waals surface area contributed by atoms with E-state index in [1.807, 2.05) is 6.07 Å². The van der Waals surface area contributed by atoms with Crippen LogP contribution in [0.15, 0.2) is 46.2 Å². The second kappa shape index (κ2) is 20.2. The molecule has 0 fully saturated rings. The molecule has 46 heavy (non-hydrogen) atoms. The van der Waals surface area contributed by atoms with Gasteiger partial charge in [-0.2, -0.15) is 0 Å². The van der Waals surface area contributed by atoms with Gasteiger partial charge in [-0.05, 0) is 60.6 Å². The van der Waals surface area contributed by atoms with Crippen LogP contribution in [0, 0.1) is 0 Å². The fraction of sp³-hybridized carbons (Fsp3) is 0.667. The van der Waals surface area contributed by atoms with Crippen molar-refractivity contribution in [3.8, 4) is 11.5 Å². The first-order valence-corrected chi connectivity index (χ1v) is 20.5. The van der Waals surface area contributed by atoms with E-state index in [2.05, 4.69) is 39.3 Å². The van der Waals surface area contributed by atoms with Crippen LogP contribution < -0.4 is 19.3 Å². The molecule has 0 bridgehead atoms. The van der Waals surface area contributed by atoms with Gasteiger partial charge in [-0.1, -0.05) is 124 Å². The average molecular weight is 681 g/mol. The fourth-order valence-electron chi connectivity index (χ4n) is 5.47. The molecule has 0 spiro atoms. The highest BCUT2D eigenvalue weighted by Gasteiger charge is 2.27. The number of hydrogen-bond donors (Lipinski definition) is 2. The number of hydrogen-bond acceptors (Lipinski definition) is 6. The molecule has 262 valence electrons. The SMILES string of the molecule is CCCCCCCCOc1ccc(NS(=O)(=O)c2cc(C(C)(C)CCCCC)ccc2OCCCCCCCC)cc1S(N)(=O)=O. The van der Waals surface area contributed by atoms with E-state index in [0.29, 0.717) is 13.2 Å². The number of sulfonamides is 2. The van der Waals surface area contributed by atoms with Crippen molar-refractivity contribution in [2.75, 3.05) is 17.9 Å². The Balaban J connectivity index is 2.31. The van der Waals surface area contributed by atoms with Crippen molar-refractivity contribution in [1.82, 2.24) is 0 Å². The summed E-state index contributed by atoms with van der Waals surface area (Å²) in [5.74, 6) is 0.387. The van der Waals surface area contributed by atoms with E-state index in [1.165, 1.54) is 56.7 Å². The lowest BCUT2D eigenvalue weighted by Crippen LogP contribution is -2.20. The van der Waals surface area contributed by atoms with Gasteiger partial charge in [0.15, 0.2) is 0 Å². The molecule has 0 atom stereocenters. The highest BCUT2D eigenvalue weighted by atomic mass is 32.2. The zero-order chi connectivity index (χ0) is 34.1. The number of primary sulfonamides is 1. The topological polar surface area (TPSA) is 125 Å². The maximum atomic E-state index is 13.9. The highest BCUT2D eigenvalue weighted by molar-refractivity contribution is 7.92. The van der Waals surface area contributed by atoms with Crippen LogP contribution in [-0.2, 0) is 25.5 Å². The van der Waals surface area contributed by atoms with Gasteiger partial charge in [0, 0.05) is 0 Å². The largest absolute Gasteiger partial charge is 0.492 e. The minimum Gasteiger partial charge on any atom is -0.492 e. The normalized spacial score (nSPS) is 12.3. The summed E-state index contributed by atoms with van der Waals surface area (Å²) in [5.41, 5.74) is 0.734. The first-order chi connectivity index (χ1) is 21.9. The Morgan fingerprint density at radius 2 is 1.11 bits per heavy atom. The molecule has 0 aliphatic carbocycles. The zero-order valence-corrected chi connectivity index (χ0v) is 30.7. The number of ether oxygens (including phenoxy) is 2. The second-order valence-electron chi connectivity index (χ2n) is 13.0. The third-order valence-corrected chi connectivity index (χ3v) is 10.8. The van der Waals surface area contributed by atoms with E-state index in [-0.39, 0.29) is 32.4 Å². The third kappa shape index (κ3) is 13.8. The average Bonchev–Trinajstić information content (AvgIpc) is 3.00. The molecule has 0 heterocycles. The summed E-state index contributed by atoms with van der Waals surface area (Å²) < 4.78 is 67.3. The van der Waals surface area contributed by atoms with Gasteiger partial charge in [0.1, 0.15) is 21.3 Å². The standard InChI is InChI=1S/C36H60N2O6S2/c1-6-9-12-14-16-19-26-43-32-24-22-31(29-34(32)45(37,39)40)38-46(41,42)35-28-30(36(4,5)25-18-11-8-3)21-23-33(35)44-27-20-17-15-13-10-7-2/h21-24,28-29,38H,6-20,25-27H2,1-5H3,(H2,37,39,40). The van der Waals surface area contributed by atoms with E-state index in [1.54, 1.807) is 12.1 Å². The fourth-order valence-corrected chi connectivity index (χ4v) is 7.39. The number of rotatable bonds is 25. The minimum absolute atomic E-state index is 0.0279. The van der Waals surface area contributed by atoms with Crippen molar-refractivity contribution in [3.63, 3.8) is 0 Å². The summed E-state index contributed by atoms with van der Waals surface area (Å²) in [6, 6.07) is 9.58. The van der Waals surface area contributed by atoms with E-state index < -0.39 is 20.0 Å². The van der Waals surface area contributed by atoms with E-state index >= 15 is 0 Å². The third-order valence-electron chi connectivity index (χ3n) is 8.43. The maximum Gasteiger partial charge on any atom is 0.265 e. The van der Waals surface area contributed by atoms with E-state index in [9.17, 15) is 16.8 Å². The minimum atomic E-state index is -4.18. The van der Waals surface area contributed by atoms with Gasteiger partial charge in [0.25, 0.3) is 10.0 Å². The molecule has 0 aromatic heterocycles. The first kappa shape index (κ1) is 39.9. The van der Waals surface area contributed by atoms with Crippen LogP contribution in [0.2, 0.25) is 0 Å². The van der Waals surface area contributed by atoms with Crippen LogP contribution in [-0.4, -0.2) is 30.0 Å². The molecule has 2 aromatic carbocycles. The molecular formula is C36H60N2O6S2. The van der Waals surface area contributed by atoms with Crippen molar-refractivity contribution >= 4 is 25.7 Å². The van der Waals surface area contributed by atoms with Crippen molar-refractivity contribution < 1.29 is 26.3 Å². The molecule has 0 amide bonds. The monoisotopic (exact) mass is 680 g/mol. The van der Waals surface area contributed by atoms with Gasteiger partial charge in [0.05, 0.1) is 18.9 Å². The predicted molar refractivity (Wildman–Crippen MR) is 190 cm³/mol. The Labute approximate surface area is 280 Å². The Bertz CT molecular complexity index is 1390. The zero-order valence-electron chi connectivity index (χ0n) is 29.0. The van der Waals surface area contributed by atoms with Crippen LogP contribution in [0.3, 0.4) is 0 Å². The Morgan fingerprint density at radius 1 is 0.630 bits per heavy atom. The lowest BCUT2D eigenvalue weighted by Gasteiger charge is -2.26. The van der Waals surface area contributed by atoms with Gasteiger partial charge in [-0.15, -0.1) is 0 Å². The van der Waals surface area contributed by atoms with Crippen molar-refractivity contribution in [2.24, 2.45) is 5.14 Å². The summed E-state index contributed by atoms with van der Waals surface area (Å²) in [6.45, 7) is 11.5. The van der Waals surface area contributed by atoms with Crippen LogP contribution in [0.25, 0.3) is 0 Å².